The molecule has 0 saturated heterocycles. The molecule has 0 spiro atoms. The molecule has 2 heterocycles. The molecule has 7 heteroatoms. The average molecular weight is 380 g/mol. The number of amides is 1. The van der Waals surface area contributed by atoms with E-state index in [2.05, 4.69) is 36.1 Å². The summed E-state index contributed by atoms with van der Waals surface area (Å²) in [5.41, 5.74) is 1.03. The second-order valence-electron chi connectivity index (χ2n) is 6.95. The number of H-pyrrole nitrogens is 1. The van der Waals surface area contributed by atoms with Gasteiger partial charge in [-0.1, -0.05) is 32.0 Å². The van der Waals surface area contributed by atoms with Gasteiger partial charge in [-0.05, 0) is 44.6 Å². The summed E-state index contributed by atoms with van der Waals surface area (Å²) >= 11 is 2.88. The molecule has 2 N–H and O–H groups in total. The third kappa shape index (κ3) is 4.26. The lowest BCUT2D eigenvalue weighted by atomic mass is 9.98. The largest absolute Gasteiger partial charge is 0.352 e. The summed E-state index contributed by atoms with van der Waals surface area (Å²) in [6.07, 6.45) is 4.12. The molecule has 2 aromatic heterocycles. The maximum absolute atomic E-state index is 12.6. The summed E-state index contributed by atoms with van der Waals surface area (Å²) in [5.74, 6) is 0.547. The summed E-state index contributed by atoms with van der Waals surface area (Å²) in [6, 6.07) is 0.341. The van der Waals surface area contributed by atoms with Gasteiger partial charge in [0.2, 0.25) is 5.91 Å². The van der Waals surface area contributed by atoms with E-state index in [1.165, 1.54) is 11.8 Å². The molecule has 1 aliphatic rings. The molecule has 0 bridgehead atoms. The van der Waals surface area contributed by atoms with Crippen molar-refractivity contribution in [1.29, 1.82) is 0 Å². The van der Waals surface area contributed by atoms with E-state index in [-0.39, 0.29) is 16.7 Å². The highest BCUT2D eigenvalue weighted by Gasteiger charge is 2.26. The molecule has 0 radical (unpaired) electrons. The van der Waals surface area contributed by atoms with Crippen LogP contribution in [0.1, 0.15) is 50.5 Å². The van der Waals surface area contributed by atoms with Gasteiger partial charge in [-0.3, -0.25) is 9.59 Å². The van der Waals surface area contributed by atoms with Crippen molar-refractivity contribution in [3.8, 4) is 0 Å². The molecule has 3 rings (SSSR count). The molecule has 2 atom stereocenters. The van der Waals surface area contributed by atoms with Crippen LogP contribution >= 0.6 is 23.1 Å². The van der Waals surface area contributed by atoms with E-state index in [0.29, 0.717) is 17.1 Å². The second-order valence-corrected chi connectivity index (χ2v) is 9.48. The fourth-order valence-corrected chi connectivity index (χ4v) is 4.63. The highest BCUT2D eigenvalue weighted by atomic mass is 32.2. The van der Waals surface area contributed by atoms with Crippen LogP contribution in [-0.4, -0.2) is 27.2 Å². The fraction of sp³-hybridized carbons (Fsp3) is 0.611. The number of hydrogen-bond acceptors (Lipinski definition) is 5. The number of aryl methyl sites for hydroxylation is 1. The first-order valence-electron chi connectivity index (χ1n) is 8.88. The van der Waals surface area contributed by atoms with Crippen molar-refractivity contribution in [3.63, 3.8) is 0 Å². The van der Waals surface area contributed by atoms with Crippen LogP contribution in [0.5, 0.6) is 0 Å². The number of carbonyl (C=O) groups excluding carboxylic acids is 1. The SMILES string of the molecule is CC[C@@H](C)Cc1c(C)sc2nc(S[C@@H](C)C(=O)NC3CC3)[nH]c(=O)c12. The number of aromatic nitrogens is 2. The summed E-state index contributed by atoms with van der Waals surface area (Å²) in [7, 11) is 0. The van der Waals surface area contributed by atoms with Gasteiger partial charge in [-0.25, -0.2) is 4.98 Å². The third-order valence-electron chi connectivity index (χ3n) is 4.67. The van der Waals surface area contributed by atoms with Crippen molar-refractivity contribution in [2.75, 3.05) is 0 Å². The molecule has 0 aromatic carbocycles. The lowest BCUT2D eigenvalue weighted by molar-refractivity contribution is -0.120. The van der Waals surface area contributed by atoms with E-state index < -0.39 is 0 Å². The van der Waals surface area contributed by atoms with Gasteiger partial charge in [0.15, 0.2) is 5.16 Å². The molecule has 0 aliphatic heterocycles. The van der Waals surface area contributed by atoms with Gasteiger partial charge in [0.1, 0.15) is 4.83 Å². The Morgan fingerprint density at radius 2 is 2.16 bits per heavy atom. The van der Waals surface area contributed by atoms with E-state index in [0.717, 1.165) is 46.3 Å². The minimum absolute atomic E-state index is 0.00932. The van der Waals surface area contributed by atoms with Crippen LogP contribution in [0.25, 0.3) is 10.2 Å². The molecule has 1 aliphatic carbocycles. The number of carbonyl (C=O) groups is 1. The Balaban J connectivity index is 1.84. The van der Waals surface area contributed by atoms with Gasteiger partial charge in [0, 0.05) is 10.9 Å². The van der Waals surface area contributed by atoms with Crippen molar-refractivity contribution in [2.45, 2.75) is 69.8 Å². The number of hydrogen-bond donors (Lipinski definition) is 2. The number of fused-ring (bicyclic) bond motifs is 1. The molecule has 2 aromatic rings. The van der Waals surface area contributed by atoms with Crippen molar-refractivity contribution >= 4 is 39.2 Å². The Labute approximate surface area is 156 Å². The van der Waals surface area contributed by atoms with Crippen molar-refractivity contribution in [2.24, 2.45) is 5.92 Å². The fourth-order valence-electron chi connectivity index (χ4n) is 2.72. The smallest absolute Gasteiger partial charge is 0.260 e. The number of thioether (sulfide) groups is 1. The van der Waals surface area contributed by atoms with E-state index in [4.69, 9.17) is 0 Å². The van der Waals surface area contributed by atoms with Crippen molar-refractivity contribution in [1.82, 2.24) is 15.3 Å². The van der Waals surface area contributed by atoms with Crippen LogP contribution in [0.3, 0.4) is 0 Å². The summed E-state index contributed by atoms with van der Waals surface area (Å²) in [4.78, 5) is 34.2. The topological polar surface area (TPSA) is 74.8 Å². The molecule has 1 fully saturated rings. The van der Waals surface area contributed by atoms with Gasteiger partial charge in [0.25, 0.3) is 5.56 Å². The number of aromatic amines is 1. The van der Waals surface area contributed by atoms with Crippen LogP contribution in [0, 0.1) is 12.8 Å². The maximum atomic E-state index is 12.6. The molecule has 25 heavy (non-hydrogen) atoms. The number of nitrogens with zero attached hydrogens (tertiary/aromatic N) is 1. The van der Waals surface area contributed by atoms with Gasteiger partial charge in [-0.2, -0.15) is 0 Å². The first kappa shape index (κ1) is 18.5. The summed E-state index contributed by atoms with van der Waals surface area (Å²) < 4.78 is 0. The van der Waals surface area contributed by atoms with Gasteiger partial charge < -0.3 is 10.3 Å². The number of nitrogens with one attached hydrogen (secondary N) is 2. The zero-order valence-electron chi connectivity index (χ0n) is 15.1. The highest BCUT2D eigenvalue weighted by Crippen LogP contribution is 2.31. The predicted molar refractivity (Wildman–Crippen MR) is 105 cm³/mol. The van der Waals surface area contributed by atoms with E-state index >= 15 is 0 Å². The van der Waals surface area contributed by atoms with Crippen LogP contribution in [-0.2, 0) is 11.2 Å². The Kier molecular flexibility index (Phi) is 5.53. The predicted octanol–water partition coefficient (Wildman–Crippen LogP) is 3.64. The Morgan fingerprint density at radius 1 is 1.44 bits per heavy atom. The third-order valence-corrected chi connectivity index (χ3v) is 6.70. The molecular weight excluding hydrogens is 354 g/mol. The minimum Gasteiger partial charge on any atom is -0.352 e. The first-order chi connectivity index (χ1) is 11.9. The molecular formula is C18H25N3O2S2. The number of thiophene rings is 1. The van der Waals surface area contributed by atoms with Crippen LogP contribution in [0.15, 0.2) is 9.95 Å². The zero-order chi connectivity index (χ0) is 18.1. The number of rotatable bonds is 7. The standard InChI is InChI=1S/C18H25N3O2S2/c1-5-9(2)8-13-10(3)24-17-14(13)16(23)20-18(21-17)25-11(4)15(22)19-12-6-7-12/h9,11-12H,5-8H2,1-4H3,(H,19,22)(H,20,21,23)/t9-,11+/m1/s1. The van der Waals surface area contributed by atoms with E-state index in [1.54, 1.807) is 11.3 Å². The van der Waals surface area contributed by atoms with Gasteiger partial charge in [-0.15, -0.1) is 11.3 Å². The molecule has 5 nitrogen and oxygen atoms in total. The lowest BCUT2D eigenvalue weighted by Crippen LogP contribution is -2.32. The first-order valence-corrected chi connectivity index (χ1v) is 10.6. The van der Waals surface area contributed by atoms with Crippen LogP contribution in [0.2, 0.25) is 0 Å². The highest BCUT2D eigenvalue weighted by molar-refractivity contribution is 8.00. The monoisotopic (exact) mass is 379 g/mol. The molecule has 1 saturated carbocycles. The summed E-state index contributed by atoms with van der Waals surface area (Å²) in [6.45, 7) is 8.28. The van der Waals surface area contributed by atoms with Gasteiger partial charge in [0.05, 0.1) is 10.6 Å². The molecule has 136 valence electrons. The Morgan fingerprint density at radius 3 is 2.80 bits per heavy atom. The van der Waals surface area contributed by atoms with Crippen molar-refractivity contribution < 1.29 is 4.79 Å². The summed E-state index contributed by atoms with van der Waals surface area (Å²) in [5, 5.41) is 3.96. The quantitative estimate of drug-likeness (QED) is 0.569. The van der Waals surface area contributed by atoms with E-state index in [9.17, 15) is 9.59 Å². The van der Waals surface area contributed by atoms with Gasteiger partial charge >= 0.3 is 0 Å². The normalized spacial score (nSPS) is 16.8. The maximum Gasteiger partial charge on any atom is 0.260 e. The molecule has 0 unspecified atom stereocenters. The van der Waals surface area contributed by atoms with Crippen LogP contribution < -0.4 is 10.9 Å². The Hall–Kier alpha value is -1.34. The zero-order valence-corrected chi connectivity index (χ0v) is 16.8. The van der Waals surface area contributed by atoms with Crippen molar-refractivity contribution in [3.05, 3.63) is 20.8 Å². The lowest BCUT2D eigenvalue weighted by Gasteiger charge is -2.11. The average Bonchev–Trinajstić information content (AvgIpc) is 3.31. The minimum atomic E-state index is -0.276. The second kappa shape index (κ2) is 7.50. The molecule has 1 amide bonds. The Bertz CT molecular complexity index is 839. The van der Waals surface area contributed by atoms with E-state index in [1.807, 2.05) is 6.92 Å². The van der Waals surface area contributed by atoms with Crippen LogP contribution in [0.4, 0.5) is 0 Å².